The third-order valence-corrected chi connectivity index (χ3v) is 3.61. The van der Waals surface area contributed by atoms with Crippen molar-refractivity contribution in [3.63, 3.8) is 0 Å². The lowest BCUT2D eigenvalue weighted by atomic mass is 10.2. The van der Waals surface area contributed by atoms with Gasteiger partial charge < -0.3 is 14.3 Å². The quantitative estimate of drug-likeness (QED) is 0.794. The largest absolute Gasteiger partial charge is 0.472 e. The van der Waals surface area contributed by atoms with Gasteiger partial charge >= 0.3 is 6.18 Å². The van der Waals surface area contributed by atoms with Crippen LogP contribution in [0.15, 0.2) is 41.2 Å². The first-order valence-electron chi connectivity index (χ1n) is 7.14. The molecule has 2 heterocycles. The second-order valence-corrected chi connectivity index (χ2v) is 5.47. The molecule has 0 aliphatic heterocycles. The summed E-state index contributed by atoms with van der Waals surface area (Å²) in [6.45, 7) is 0.173. The minimum atomic E-state index is -4.41. The first-order chi connectivity index (χ1) is 11.3. The average molecular weight is 337 g/mol. The number of benzene rings is 1. The highest BCUT2D eigenvalue weighted by atomic mass is 19.4. The number of rotatable bonds is 4. The van der Waals surface area contributed by atoms with E-state index in [0.717, 1.165) is 17.7 Å². The lowest BCUT2D eigenvalue weighted by Crippen LogP contribution is -2.28. The summed E-state index contributed by atoms with van der Waals surface area (Å²) in [7, 11) is 1.61. The highest BCUT2D eigenvalue weighted by molar-refractivity contribution is 5.79. The lowest BCUT2D eigenvalue weighted by Gasteiger charge is -2.15. The number of fused-ring (bicyclic) bond motifs is 1. The Labute approximate surface area is 135 Å². The van der Waals surface area contributed by atoms with E-state index in [1.807, 2.05) is 0 Å². The number of nitrogens with one attached hydrogen (secondary N) is 1. The van der Waals surface area contributed by atoms with Gasteiger partial charge in [-0.25, -0.2) is 4.98 Å². The molecule has 0 unspecified atom stereocenters. The summed E-state index contributed by atoms with van der Waals surface area (Å²) in [5.41, 5.74) is 0.727. The summed E-state index contributed by atoms with van der Waals surface area (Å²) in [5, 5.41) is 0. The van der Waals surface area contributed by atoms with Crippen molar-refractivity contribution in [2.24, 2.45) is 0 Å². The number of H-pyrrole nitrogens is 1. The van der Waals surface area contributed by atoms with Gasteiger partial charge in [0.2, 0.25) is 5.91 Å². The fraction of sp³-hybridized carbons (Fsp3) is 0.250. The molecule has 0 saturated heterocycles. The number of imidazole rings is 1. The van der Waals surface area contributed by atoms with Crippen LogP contribution in [0.5, 0.6) is 0 Å². The van der Waals surface area contributed by atoms with E-state index in [4.69, 9.17) is 4.42 Å². The molecule has 0 aliphatic rings. The molecule has 8 heteroatoms. The molecule has 0 aliphatic carbocycles. The molecule has 1 amide bonds. The number of nitrogens with zero attached hydrogens (tertiary/aromatic N) is 2. The number of alkyl halides is 3. The molecule has 0 bridgehead atoms. The molecule has 0 fully saturated rings. The van der Waals surface area contributed by atoms with Crippen LogP contribution in [-0.2, 0) is 23.9 Å². The molecule has 1 N–H and O–H groups in total. The van der Waals surface area contributed by atoms with E-state index in [0.29, 0.717) is 11.3 Å². The molecule has 0 atom stereocenters. The molecule has 24 heavy (non-hydrogen) atoms. The minimum absolute atomic E-state index is 0.146. The summed E-state index contributed by atoms with van der Waals surface area (Å²) < 4.78 is 43.1. The van der Waals surface area contributed by atoms with Gasteiger partial charge in [-0.1, -0.05) is 0 Å². The minimum Gasteiger partial charge on any atom is -0.472 e. The Morgan fingerprint density at radius 3 is 2.79 bits per heavy atom. The van der Waals surface area contributed by atoms with Gasteiger partial charge in [-0.2, -0.15) is 13.2 Å². The Morgan fingerprint density at radius 2 is 2.12 bits per heavy atom. The van der Waals surface area contributed by atoms with Crippen molar-refractivity contribution in [2.75, 3.05) is 7.05 Å². The molecule has 126 valence electrons. The topological polar surface area (TPSA) is 62.1 Å². The predicted molar refractivity (Wildman–Crippen MR) is 80.0 cm³/mol. The summed E-state index contributed by atoms with van der Waals surface area (Å²) in [5.74, 6) is 0.278. The Morgan fingerprint density at radius 1 is 1.33 bits per heavy atom. The van der Waals surface area contributed by atoms with Gasteiger partial charge in [-0.15, -0.1) is 0 Å². The molecule has 0 spiro atoms. The Hall–Kier alpha value is -2.77. The van der Waals surface area contributed by atoms with Crippen molar-refractivity contribution in [2.45, 2.75) is 19.1 Å². The maximum Gasteiger partial charge on any atom is 0.416 e. The van der Waals surface area contributed by atoms with Crippen LogP contribution < -0.4 is 0 Å². The van der Waals surface area contributed by atoms with Gasteiger partial charge in [0.25, 0.3) is 0 Å². The van der Waals surface area contributed by atoms with Gasteiger partial charge in [0, 0.05) is 7.05 Å². The Kier molecular flexibility index (Phi) is 4.04. The highest BCUT2D eigenvalue weighted by Crippen LogP contribution is 2.30. The van der Waals surface area contributed by atoms with Crippen molar-refractivity contribution < 1.29 is 22.4 Å². The summed E-state index contributed by atoms with van der Waals surface area (Å²) in [6.07, 6.45) is -1.24. The standard InChI is InChI=1S/C16H14F3N3O2/c1-22(15(23)6-10-4-5-24-9-10)8-14-20-12-3-2-11(16(17,18)19)7-13(12)21-14/h2-5,7,9H,6,8H2,1H3,(H,20,21). The fourth-order valence-electron chi connectivity index (χ4n) is 2.33. The van der Waals surface area contributed by atoms with Gasteiger partial charge in [0.05, 0.1) is 42.1 Å². The fourth-order valence-corrected chi connectivity index (χ4v) is 2.33. The number of hydrogen-bond acceptors (Lipinski definition) is 3. The zero-order chi connectivity index (χ0) is 17.3. The molecular weight excluding hydrogens is 323 g/mol. The Balaban J connectivity index is 1.73. The third kappa shape index (κ3) is 3.42. The first-order valence-corrected chi connectivity index (χ1v) is 7.14. The lowest BCUT2D eigenvalue weighted by molar-refractivity contribution is -0.137. The predicted octanol–water partition coefficient (Wildman–Crippen LogP) is 3.38. The summed E-state index contributed by atoms with van der Waals surface area (Å²) in [4.78, 5) is 20.6. The van der Waals surface area contributed by atoms with Crippen molar-refractivity contribution >= 4 is 16.9 Å². The molecule has 3 rings (SSSR count). The zero-order valence-corrected chi connectivity index (χ0v) is 12.7. The van der Waals surface area contributed by atoms with Gasteiger partial charge in [-0.3, -0.25) is 4.79 Å². The molecule has 5 nitrogen and oxygen atoms in total. The van der Waals surface area contributed by atoms with Gasteiger partial charge in [-0.05, 0) is 29.8 Å². The average Bonchev–Trinajstić information content (AvgIpc) is 3.13. The van der Waals surface area contributed by atoms with E-state index < -0.39 is 11.7 Å². The van der Waals surface area contributed by atoms with Crippen molar-refractivity contribution in [1.29, 1.82) is 0 Å². The number of hydrogen-bond donors (Lipinski definition) is 1. The number of aromatic amines is 1. The van der Waals surface area contributed by atoms with E-state index in [1.165, 1.54) is 23.5 Å². The highest BCUT2D eigenvalue weighted by Gasteiger charge is 2.30. The molecular formula is C16H14F3N3O2. The second kappa shape index (κ2) is 6.03. The summed E-state index contributed by atoms with van der Waals surface area (Å²) in [6, 6.07) is 5.01. The molecule has 3 aromatic rings. The third-order valence-electron chi connectivity index (χ3n) is 3.61. The molecule has 1 aromatic carbocycles. The van der Waals surface area contributed by atoms with Crippen LogP contribution in [0.1, 0.15) is 17.0 Å². The van der Waals surface area contributed by atoms with Crippen LogP contribution in [0.4, 0.5) is 13.2 Å². The molecule has 0 saturated carbocycles. The number of carbonyl (C=O) groups is 1. The monoisotopic (exact) mass is 337 g/mol. The van der Waals surface area contributed by atoms with E-state index in [1.54, 1.807) is 13.1 Å². The Bertz CT molecular complexity index is 853. The smallest absolute Gasteiger partial charge is 0.416 e. The van der Waals surface area contributed by atoms with Crippen molar-refractivity contribution in [1.82, 2.24) is 14.9 Å². The number of likely N-dealkylation sites (N-methyl/N-ethyl adjacent to an activating group) is 1. The SMILES string of the molecule is CN(Cc1nc2ccc(C(F)(F)F)cc2[nH]1)C(=O)Cc1ccoc1. The molecule has 0 radical (unpaired) electrons. The van der Waals surface area contributed by atoms with Crippen molar-refractivity contribution in [3.05, 3.63) is 53.7 Å². The normalized spacial score (nSPS) is 11.8. The van der Waals surface area contributed by atoms with Crippen LogP contribution in [0.3, 0.4) is 0 Å². The van der Waals surface area contributed by atoms with E-state index >= 15 is 0 Å². The van der Waals surface area contributed by atoms with Crippen molar-refractivity contribution in [3.8, 4) is 0 Å². The number of amides is 1. The zero-order valence-electron chi connectivity index (χ0n) is 12.7. The van der Waals surface area contributed by atoms with E-state index in [2.05, 4.69) is 9.97 Å². The second-order valence-electron chi connectivity index (χ2n) is 5.47. The number of aromatic nitrogens is 2. The number of carbonyl (C=O) groups excluding carboxylic acids is 1. The number of halogens is 3. The van der Waals surface area contributed by atoms with Crippen LogP contribution >= 0.6 is 0 Å². The molecule has 2 aromatic heterocycles. The van der Waals surface area contributed by atoms with Crippen LogP contribution in [0.25, 0.3) is 11.0 Å². The van der Waals surface area contributed by atoms with E-state index in [-0.39, 0.29) is 24.4 Å². The van der Waals surface area contributed by atoms with Gasteiger partial charge in [0.1, 0.15) is 5.82 Å². The van der Waals surface area contributed by atoms with Gasteiger partial charge in [0.15, 0.2) is 0 Å². The maximum absolute atomic E-state index is 12.7. The maximum atomic E-state index is 12.7. The first kappa shape index (κ1) is 16.1. The number of furan rings is 1. The van der Waals surface area contributed by atoms with E-state index in [9.17, 15) is 18.0 Å². The van der Waals surface area contributed by atoms with Crippen LogP contribution in [-0.4, -0.2) is 27.8 Å². The van der Waals surface area contributed by atoms with Crippen LogP contribution in [0, 0.1) is 0 Å². The van der Waals surface area contributed by atoms with Crippen LogP contribution in [0.2, 0.25) is 0 Å². The summed E-state index contributed by atoms with van der Waals surface area (Å²) >= 11 is 0.